The van der Waals surface area contributed by atoms with E-state index >= 15 is 0 Å². The smallest absolute Gasteiger partial charge is 0.229 e. The average Bonchev–Trinajstić information content (AvgIpc) is 3.17. The van der Waals surface area contributed by atoms with Gasteiger partial charge in [0, 0.05) is 36.6 Å². The van der Waals surface area contributed by atoms with Crippen LogP contribution in [0.5, 0.6) is 0 Å². The summed E-state index contributed by atoms with van der Waals surface area (Å²) in [5, 5.41) is 15.9. The van der Waals surface area contributed by atoms with Gasteiger partial charge in [-0.05, 0) is 50.9 Å². The minimum Gasteiger partial charge on any atom is -0.355 e. The molecule has 1 aromatic carbocycles. The molecule has 1 atom stereocenters. The molecule has 142 valence electrons. The van der Waals surface area contributed by atoms with Crippen LogP contribution in [0, 0.1) is 18.3 Å². The number of anilines is 3. The summed E-state index contributed by atoms with van der Waals surface area (Å²) >= 11 is 0. The van der Waals surface area contributed by atoms with Gasteiger partial charge >= 0.3 is 0 Å². The van der Waals surface area contributed by atoms with Crippen molar-refractivity contribution in [2.24, 2.45) is 0 Å². The number of hydrogen-bond acceptors (Lipinski definition) is 6. The van der Waals surface area contributed by atoms with Crippen LogP contribution in [0.2, 0.25) is 0 Å². The van der Waals surface area contributed by atoms with Crippen LogP contribution in [0.25, 0.3) is 0 Å². The van der Waals surface area contributed by atoms with Crippen LogP contribution < -0.4 is 15.5 Å². The van der Waals surface area contributed by atoms with Gasteiger partial charge in [0.05, 0.1) is 11.6 Å². The zero-order chi connectivity index (χ0) is 19.2. The van der Waals surface area contributed by atoms with Crippen molar-refractivity contribution in [3.8, 4) is 6.07 Å². The number of likely N-dealkylation sites (N-methyl/N-ethyl adjacent to an activating group) is 1. The van der Waals surface area contributed by atoms with E-state index in [1.54, 1.807) is 0 Å². The number of nitriles is 1. The van der Waals surface area contributed by atoms with E-state index in [2.05, 4.69) is 34.6 Å². The molecule has 0 radical (unpaired) electrons. The predicted molar refractivity (Wildman–Crippen MR) is 109 cm³/mol. The first kappa shape index (κ1) is 19.1. The van der Waals surface area contributed by atoms with Gasteiger partial charge in [-0.3, -0.25) is 0 Å². The van der Waals surface area contributed by atoms with Gasteiger partial charge in [-0.25, -0.2) is 4.98 Å². The quantitative estimate of drug-likeness (QED) is 0.782. The van der Waals surface area contributed by atoms with Crippen LogP contribution in [-0.4, -0.2) is 36.1 Å². The standard InChI is InChI=1S/C21H28N6/c1-4-5-6-17-12-20(27-10-9-19(14-27)23-3)26-21(24-17)25-18-8-7-15(2)16(11-18)13-22/h7-8,11-12,19,23H,4-6,9-10,14H2,1-3H3,(H,24,25,26). The highest BCUT2D eigenvalue weighted by molar-refractivity contribution is 5.59. The van der Waals surface area contributed by atoms with Gasteiger partial charge in [0.15, 0.2) is 0 Å². The van der Waals surface area contributed by atoms with Crippen LogP contribution >= 0.6 is 0 Å². The molecule has 2 aromatic rings. The van der Waals surface area contributed by atoms with Crippen molar-refractivity contribution >= 4 is 17.5 Å². The van der Waals surface area contributed by atoms with Crippen LogP contribution in [0.1, 0.15) is 43.0 Å². The summed E-state index contributed by atoms with van der Waals surface area (Å²) in [6, 6.07) is 10.6. The minimum absolute atomic E-state index is 0.505. The number of hydrogen-bond donors (Lipinski definition) is 2. The third-order valence-electron chi connectivity index (χ3n) is 5.09. The summed E-state index contributed by atoms with van der Waals surface area (Å²) in [5.41, 5.74) is 3.53. The predicted octanol–water partition coefficient (Wildman–Crippen LogP) is 3.54. The van der Waals surface area contributed by atoms with Gasteiger partial charge in [0.2, 0.25) is 5.95 Å². The molecule has 0 saturated carbocycles. The first-order valence-corrected chi connectivity index (χ1v) is 9.71. The summed E-state index contributed by atoms with van der Waals surface area (Å²) in [7, 11) is 2.01. The lowest BCUT2D eigenvalue weighted by molar-refractivity contribution is 0.616. The topological polar surface area (TPSA) is 76.9 Å². The Morgan fingerprint density at radius 1 is 1.30 bits per heavy atom. The molecule has 6 nitrogen and oxygen atoms in total. The third-order valence-corrected chi connectivity index (χ3v) is 5.09. The van der Waals surface area contributed by atoms with Crippen LogP contribution in [0.15, 0.2) is 24.3 Å². The zero-order valence-electron chi connectivity index (χ0n) is 16.4. The molecular weight excluding hydrogens is 336 g/mol. The van der Waals surface area contributed by atoms with E-state index in [4.69, 9.17) is 9.97 Å². The number of nitrogens with zero attached hydrogens (tertiary/aromatic N) is 4. The van der Waals surface area contributed by atoms with E-state index < -0.39 is 0 Å². The average molecular weight is 364 g/mol. The van der Waals surface area contributed by atoms with Crippen molar-refractivity contribution < 1.29 is 0 Å². The van der Waals surface area contributed by atoms with Crippen molar-refractivity contribution in [1.82, 2.24) is 15.3 Å². The second-order valence-electron chi connectivity index (χ2n) is 7.13. The molecule has 1 aliphatic rings. The molecule has 0 aliphatic carbocycles. The Balaban J connectivity index is 1.87. The monoisotopic (exact) mass is 364 g/mol. The minimum atomic E-state index is 0.505. The molecule has 3 rings (SSSR count). The van der Waals surface area contributed by atoms with Crippen LogP contribution in [0.3, 0.4) is 0 Å². The van der Waals surface area contributed by atoms with Gasteiger partial charge in [0.1, 0.15) is 5.82 Å². The summed E-state index contributed by atoms with van der Waals surface area (Å²) in [6.45, 7) is 6.09. The molecule has 6 heteroatoms. The van der Waals surface area contributed by atoms with Crippen molar-refractivity contribution in [2.75, 3.05) is 30.4 Å². The highest BCUT2D eigenvalue weighted by Gasteiger charge is 2.23. The van der Waals surface area contributed by atoms with Gasteiger partial charge in [0.25, 0.3) is 0 Å². The fourth-order valence-electron chi connectivity index (χ4n) is 3.34. The second kappa shape index (κ2) is 8.83. The number of rotatable bonds is 7. The second-order valence-corrected chi connectivity index (χ2v) is 7.13. The molecule has 1 fully saturated rings. The fourth-order valence-corrected chi connectivity index (χ4v) is 3.34. The van der Waals surface area contributed by atoms with Crippen molar-refractivity contribution in [3.05, 3.63) is 41.1 Å². The molecule has 1 aliphatic heterocycles. The van der Waals surface area contributed by atoms with Gasteiger partial charge < -0.3 is 15.5 Å². The first-order chi connectivity index (χ1) is 13.1. The Bertz CT molecular complexity index is 826. The summed E-state index contributed by atoms with van der Waals surface area (Å²) in [6.07, 6.45) is 4.31. The highest BCUT2D eigenvalue weighted by Crippen LogP contribution is 2.24. The first-order valence-electron chi connectivity index (χ1n) is 9.71. The maximum atomic E-state index is 9.26. The summed E-state index contributed by atoms with van der Waals surface area (Å²) in [4.78, 5) is 11.8. The molecular formula is C21H28N6. The molecule has 0 amide bonds. The largest absolute Gasteiger partial charge is 0.355 e. The van der Waals surface area contributed by atoms with E-state index in [-0.39, 0.29) is 0 Å². The van der Waals surface area contributed by atoms with Gasteiger partial charge in [-0.1, -0.05) is 19.4 Å². The fraction of sp³-hybridized carbons (Fsp3) is 0.476. The lowest BCUT2D eigenvalue weighted by atomic mass is 10.1. The highest BCUT2D eigenvalue weighted by atomic mass is 15.3. The zero-order valence-corrected chi connectivity index (χ0v) is 16.4. The Morgan fingerprint density at radius 2 is 2.15 bits per heavy atom. The van der Waals surface area contributed by atoms with E-state index in [9.17, 15) is 5.26 Å². The molecule has 2 heterocycles. The lowest BCUT2D eigenvalue weighted by Gasteiger charge is -2.19. The molecule has 0 bridgehead atoms. The number of unbranched alkanes of at least 4 members (excludes halogenated alkanes) is 1. The number of aryl methyl sites for hydroxylation is 2. The maximum Gasteiger partial charge on any atom is 0.229 e. The normalized spacial score (nSPS) is 16.4. The van der Waals surface area contributed by atoms with Crippen molar-refractivity contribution in [3.63, 3.8) is 0 Å². The lowest BCUT2D eigenvalue weighted by Crippen LogP contribution is -2.30. The molecule has 2 N–H and O–H groups in total. The molecule has 0 spiro atoms. The van der Waals surface area contributed by atoms with Crippen molar-refractivity contribution in [1.29, 1.82) is 5.26 Å². The summed E-state index contributed by atoms with van der Waals surface area (Å²) < 4.78 is 0. The maximum absolute atomic E-state index is 9.26. The van der Waals surface area contributed by atoms with Crippen LogP contribution in [-0.2, 0) is 6.42 Å². The SMILES string of the molecule is CCCCc1cc(N2CCC(NC)C2)nc(Nc2ccc(C)c(C#N)c2)n1. The van der Waals surface area contributed by atoms with Gasteiger partial charge in [-0.2, -0.15) is 10.2 Å². The number of aromatic nitrogens is 2. The Kier molecular flexibility index (Phi) is 6.25. The van der Waals surface area contributed by atoms with E-state index in [0.29, 0.717) is 17.6 Å². The van der Waals surface area contributed by atoms with E-state index in [1.165, 1.54) is 0 Å². The third kappa shape index (κ3) is 4.75. The number of nitrogens with one attached hydrogen (secondary N) is 2. The Hall–Kier alpha value is -2.65. The Morgan fingerprint density at radius 3 is 2.85 bits per heavy atom. The molecule has 27 heavy (non-hydrogen) atoms. The van der Waals surface area contributed by atoms with Crippen LogP contribution in [0.4, 0.5) is 17.5 Å². The van der Waals surface area contributed by atoms with E-state index in [0.717, 1.165) is 61.5 Å². The molecule has 1 aromatic heterocycles. The molecule has 1 saturated heterocycles. The van der Waals surface area contributed by atoms with Crippen molar-refractivity contribution in [2.45, 2.75) is 45.6 Å². The summed E-state index contributed by atoms with van der Waals surface area (Å²) in [5.74, 6) is 1.57. The molecule has 1 unspecified atom stereocenters. The van der Waals surface area contributed by atoms with E-state index in [1.807, 2.05) is 32.2 Å². The number of benzene rings is 1. The Labute approximate surface area is 161 Å². The van der Waals surface area contributed by atoms with Gasteiger partial charge in [-0.15, -0.1) is 0 Å².